The fraction of sp³-hybridized carbons (Fsp3) is 0.127. The van der Waals surface area contributed by atoms with Gasteiger partial charge in [-0.3, -0.25) is 0 Å². The van der Waals surface area contributed by atoms with Crippen molar-refractivity contribution in [2.75, 3.05) is 26.4 Å². The summed E-state index contributed by atoms with van der Waals surface area (Å²) in [6, 6.07) is 57.0. The number of hydrogen-bond donors (Lipinski definition) is 0. The molecule has 0 amide bonds. The average molecular weight is 787 g/mol. The van der Waals surface area contributed by atoms with E-state index in [2.05, 4.69) is 153 Å². The predicted octanol–water partition coefficient (Wildman–Crippen LogP) is 13.4. The highest BCUT2D eigenvalue weighted by molar-refractivity contribution is 5.96. The minimum absolute atomic E-state index is 0.0950. The van der Waals surface area contributed by atoms with Crippen LogP contribution in [0.15, 0.2) is 177 Å². The smallest absolute Gasteiger partial charge is 0.132 e. The van der Waals surface area contributed by atoms with Crippen LogP contribution in [0.2, 0.25) is 0 Å². The van der Waals surface area contributed by atoms with Crippen LogP contribution in [-0.4, -0.2) is 26.4 Å². The van der Waals surface area contributed by atoms with Gasteiger partial charge in [-0.1, -0.05) is 153 Å². The maximum absolute atomic E-state index is 6.78. The van der Waals surface area contributed by atoms with E-state index in [-0.39, 0.29) is 5.92 Å². The Balaban J connectivity index is 0.973. The van der Waals surface area contributed by atoms with Gasteiger partial charge in [-0.05, 0) is 96.9 Å². The number of benzene rings is 8. The highest BCUT2D eigenvalue weighted by Crippen LogP contribution is 2.52. The van der Waals surface area contributed by atoms with E-state index in [0.29, 0.717) is 39.6 Å². The molecule has 0 bridgehead atoms. The number of ether oxygens (including phenoxy) is 5. The van der Waals surface area contributed by atoms with Crippen LogP contribution in [0.25, 0.3) is 44.8 Å². The van der Waals surface area contributed by atoms with Crippen molar-refractivity contribution >= 4 is 33.7 Å². The zero-order valence-corrected chi connectivity index (χ0v) is 33.5. The molecule has 5 heteroatoms. The van der Waals surface area contributed by atoms with Crippen molar-refractivity contribution in [3.8, 4) is 34.1 Å². The molecule has 1 heterocycles. The van der Waals surface area contributed by atoms with Gasteiger partial charge >= 0.3 is 0 Å². The van der Waals surface area contributed by atoms with Crippen LogP contribution in [-0.2, 0) is 22.7 Å². The Morgan fingerprint density at radius 3 is 1.43 bits per heavy atom. The lowest BCUT2D eigenvalue weighted by molar-refractivity contribution is 0.0889. The topological polar surface area (TPSA) is 46.2 Å². The van der Waals surface area contributed by atoms with Crippen molar-refractivity contribution in [1.82, 2.24) is 0 Å². The molecular weight excluding hydrogens is 741 g/mol. The third kappa shape index (κ3) is 8.46. The SMILES string of the molecule is C=Cc1ccc(COCCOc2ccc3c4c(ccc3c2)Oc2ccc3cc(OCCOCc5ccc(C=C)cc5)ccc3c2C4c2ccc(-c3ccccc3)cc2)cc1. The Kier molecular flexibility index (Phi) is 11.5. The fourth-order valence-electron chi connectivity index (χ4n) is 7.99. The van der Waals surface area contributed by atoms with Crippen LogP contribution < -0.4 is 14.2 Å². The zero-order chi connectivity index (χ0) is 40.7. The Labute approximate surface area is 351 Å². The predicted molar refractivity (Wildman–Crippen MR) is 244 cm³/mol. The van der Waals surface area contributed by atoms with E-state index >= 15 is 0 Å². The monoisotopic (exact) mass is 786 g/mol. The van der Waals surface area contributed by atoms with Crippen LogP contribution in [0.5, 0.6) is 23.0 Å². The minimum Gasteiger partial charge on any atom is -0.491 e. The van der Waals surface area contributed by atoms with Gasteiger partial charge in [0.25, 0.3) is 0 Å². The second-order valence-corrected chi connectivity index (χ2v) is 14.9. The molecule has 296 valence electrons. The summed E-state index contributed by atoms with van der Waals surface area (Å²) in [5, 5.41) is 4.41. The molecule has 0 radical (unpaired) electrons. The van der Waals surface area contributed by atoms with Crippen LogP contribution in [0, 0.1) is 0 Å². The molecule has 9 rings (SSSR count). The second-order valence-electron chi connectivity index (χ2n) is 14.9. The molecule has 8 aromatic carbocycles. The van der Waals surface area contributed by atoms with Gasteiger partial charge in [-0.2, -0.15) is 0 Å². The highest BCUT2D eigenvalue weighted by Gasteiger charge is 2.32. The molecule has 0 spiro atoms. The summed E-state index contributed by atoms with van der Waals surface area (Å²) >= 11 is 0. The summed E-state index contributed by atoms with van der Waals surface area (Å²) in [5.41, 5.74) is 10.2. The first kappa shape index (κ1) is 38.6. The maximum Gasteiger partial charge on any atom is 0.132 e. The van der Waals surface area contributed by atoms with Gasteiger partial charge in [-0.15, -0.1) is 0 Å². The molecule has 0 saturated carbocycles. The molecule has 0 fully saturated rings. The quantitative estimate of drug-likeness (QED) is 0.0913. The highest BCUT2D eigenvalue weighted by atomic mass is 16.5. The molecule has 1 aliphatic rings. The van der Waals surface area contributed by atoms with Crippen molar-refractivity contribution in [1.29, 1.82) is 0 Å². The number of hydrogen-bond acceptors (Lipinski definition) is 5. The molecular formula is C55H46O5. The molecule has 8 aromatic rings. The zero-order valence-electron chi connectivity index (χ0n) is 33.5. The number of fused-ring (bicyclic) bond motifs is 6. The molecule has 0 saturated heterocycles. The summed E-state index contributed by atoms with van der Waals surface area (Å²) in [4.78, 5) is 0. The Morgan fingerprint density at radius 2 is 0.950 bits per heavy atom. The standard InChI is InChI=1S/C55H46O5/c1-3-38-10-14-40(15-11-38)36-56-30-32-58-47-24-26-49-45(34-47)22-28-51-54(49)53(44-20-18-43(19-21-44)42-8-6-5-7-9-42)55-50-27-25-48(35-46(50)23-29-52(55)60-51)59-33-31-57-37-41-16-12-39(4-2)13-17-41/h3-29,34-35,53H,1-2,30-33,36-37H2. The van der Waals surface area contributed by atoms with Crippen molar-refractivity contribution < 1.29 is 23.7 Å². The first-order valence-electron chi connectivity index (χ1n) is 20.4. The fourth-order valence-corrected chi connectivity index (χ4v) is 7.99. The van der Waals surface area contributed by atoms with Gasteiger partial charge in [0.1, 0.15) is 36.2 Å². The summed E-state index contributed by atoms with van der Waals surface area (Å²) in [6.07, 6.45) is 3.68. The Morgan fingerprint density at radius 1 is 0.467 bits per heavy atom. The minimum atomic E-state index is -0.0950. The summed E-state index contributed by atoms with van der Waals surface area (Å²) < 4.78 is 31.0. The molecule has 1 aliphatic heterocycles. The molecule has 0 N–H and O–H groups in total. The van der Waals surface area contributed by atoms with Gasteiger partial charge < -0.3 is 23.7 Å². The van der Waals surface area contributed by atoms with Crippen molar-refractivity contribution in [3.05, 3.63) is 216 Å². The average Bonchev–Trinajstić information content (AvgIpc) is 3.31. The Hall–Kier alpha value is -6.92. The number of rotatable bonds is 16. The van der Waals surface area contributed by atoms with Gasteiger partial charge in [0.2, 0.25) is 0 Å². The summed E-state index contributed by atoms with van der Waals surface area (Å²) in [6.45, 7) is 10.6. The van der Waals surface area contributed by atoms with E-state index in [1.807, 2.05) is 36.4 Å². The molecule has 60 heavy (non-hydrogen) atoms. The lowest BCUT2D eigenvalue weighted by atomic mass is 9.78. The molecule has 0 aliphatic carbocycles. The van der Waals surface area contributed by atoms with Crippen LogP contribution in [0.1, 0.15) is 44.9 Å². The van der Waals surface area contributed by atoms with Crippen molar-refractivity contribution in [2.24, 2.45) is 0 Å². The van der Waals surface area contributed by atoms with Crippen LogP contribution in [0.4, 0.5) is 0 Å². The molecule has 0 aromatic heterocycles. The van der Waals surface area contributed by atoms with Gasteiger partial charge in [0.05, 0.1) is 26.4 Å². The van der Waals surface area contributed by atoms with E-state index in [1.165, 1.54) is 16.7 Å². The largest absolute Gasteiger partial charge is 0.491 e. The van der Waals surface area contributed by atoms with E-state index in [4.69, 9.17) is 23.7 Å². The third-order valence-corrected chi connectivity index (χ3v) is 11.1. The van der Waals surface area contributed by atoms with Crippen molar-refractivity contribution in [3.63, 3.8) is 0 Å². The lowest BCUT2D eigenvalue weighted by Gasteiger charge is -2.31. The van der Waals surface area contributed by atoms with E-state index < -0.39 is 0 Å². The van der Waals surface area contributed by atoms with Gasteiger partial charge in [0.15, 0.2) is 0 Å². The third-order valence-electron chi connectivity index (χ3n) is 11.1. The van der Waals surface area contributed by atoms with Gasteiger partial charge in [0, 0.05) is 17.0 Å². The van der Waals surface area contributed by atoms with Gasteiger partial charge in [-0.25, -0.2) is 0 Å². The molecule has 0 unspecified atom stereocenters. The van der Waals surface area contributed by atoms with E-state index in [9.17, 15) is 0 Å². The van der Waals surface area contributed by atoms with E-state index in [1.54, 1.807) is 0 Å². The normalized spacial score (nSPS) is 12.1. The van der Waals surface area contributed by atoms with Crippen LogP contribution >= 0.6 is 0 Å². The van der Waals surface area contributed by atoms with Crippen LogP contribution in [0.3, 0.4) is 0 Å². The maximum atomic E-state index is 6.78. The first-order valence-corrected chi connectivity index (χ1v) is 20.4. The second kappa shape index (κ2) is 17.9. The van der Waals surface area contributed by atoms with E-state index in [0.717, 1.165) is 77.9 Å². The van der Waals surface area contributed by atoms with Crippen molar-refractivity contribution in [2.45, 2.75) is 19.1 Å². The Bertz CT molecular complexity index is 2600. The first-order chi connectivity index (χ1) is 29.6. The molecule has 5 nitrogen and oxygen atoms in total. The lowest BCUT2D eigenvalue weighted by Crippen LogP contribution is -2.13. The summed E-state index contributed by atoms with van der Waals surface area (Å²) in [5.74, 6) is 3.21. The molecule has 0 atom stereocenters. The summed E-state index contributed by atoms with van der Waals surface area (Å²) in [7, 11) is 0.